The van der Waals surface area contributed by atoms with Crippen LogP contribution in [0.3, 0.4) is 0 Å². The van der Waals surface area contributed by atoms with Gasteiger partial charge in [0.15, 0.2) is 5.69 Å². The third-order valence-corrected chi connectivity index (χ3v) is 3.87. The van der Waals surface area contributed by atoms with E-state index in [1.807, 2.05) is 0 Å². The second-order valence-corrected chi connectivity index (χ2v) is 5.34. The summed E-state index contributed by atoms with van der Waals surface area (Å²) in [6.07, 6.45) is 4.77. The second-order valence-electron chi connectivity index (χ2n) is 5.34. The molecular weight excluding hydrogens is 258 g/mol. The molecule has 2 aliphatic rings. The van der Waals surface area contributed by atoms with E-state index in [0.717, 1.165) is 50.1 Å². The van der Waals surface area contributed by atoms with Crippen LogP contribution in [0.5, 0.6) is 0 Å². The fourth-order valence-corrected chi connectivity index (χ4v) is 2.83. The van der Waals surface area contributed by atoms with Crippen molar-refractivity contribution in [2.45, 2.75) is 44.8 Å². The highest BCUT2D eigenvalue weighted by atomic mass is 16.5. The van der Waals surface area contributed by atoms with Crippen molar-refractivity contribution < 1.29 is 14.6 Å². The molecule has 1 atom stereocenters. The number of carboxylic acid groups (broad SMARTS) is 1. The molecule has 0 radical (unpaired) electrons. The third kappa shape index (κ3) is 2.81. The number of aromatic nitrogens is 2. The van der Waals surface area contributed by atoms with Gasteiger partial charge in [-0.3, -0.25) is 0 Å². The van der Waals surface area contributed by atoms with Gasteiger partial charge < -0.3 is 15.2 Å². The largest absolute Gasteiger partial charge is 0.476 e. The van der Waals surface area contributed by atoms with Gasteiger partial charge in [0, 0.05) is 38.1 Å². The van der Waals surface area contributed by atoms with E-state index >= 15 is 0 Å². The summed E-state index contributed by atoms with van der Waals surface area (Å²) in [5.41, 5.74) is 1.76. The minimum Gasteiger partial charge on any atom is -0.476 e. The Hall–Kier alpha value is -1.53. The van der Waals surface area contributed by atoms with Crippen molar-refractivity contribution >= 4 is 5.97 Å². The van der Waals surface area contributed by atoms with Crippen LogP contribution in [0.15, 0.2) is 0 Å². The van der Waals surface area contributed by atoms with Crippen LogP contribution in [0, 0.1) is 0 Å². The lowest BCUT2D eigenvalue weighted by atomic mass is 10.0. The van der Waals surface area contributed by atoms with Gasteiger partial charge in [0.25, 0.3) is 0 Å². The van der Waals surface area contributed by atoms with Crippen LogP contribution in [-0.4, -0.2) is 40.3 Å². The van der Waals surface area contributed by atoms with Gasteiger partial charge in [-0.25, -0.2) is 14.8 Å². The molecule has 3 rings (SSSR count). The summed E-state index contributed by atoms with van der Waals surface area (Å²) in [5, 5.41) is 12.5. The van der Waals surface area contributed by atoms with E-state index in [0.29, 0.717) is 18.8 Å². The Morgan fingerprint density at radius 1 is 1.40 bits per heavy atom. The molecule has 0 aliphatic carbocycles. The van der Waals surface area contributed by atoms with Gasteiger partial charge in [0.05, 0.1) is 11.8 Å². The van der Waals surface area contributed by atoms with Crippen LogP contribution in [-0.2, 0) is 24.1 Å². The number of ether oxygens (including phenoxy) is 1. The standard InChI is InChI=1S/C14H19N3O3/c18-14(19)13-10-8-15-5-4-11(10)16-12(17-13)7-9-3-1-2-6-20-9/h9,15H,1-8H2,(H,18,19). The van der Waals surface area contributed by atoms with Crippen molar-refractivity contribution in [2.24, 2.45) is 0 Å². The van der Waals surface area contributed by atoms with E-state index in [1.165, 1.54) is 0 Å². The molecule has 0 bridgehead atoms. The van der Waals surface area contributed by atoms with Crippen molar-refractivity contribution in [2.75, 3.05) is 13.2 Å². The Morgan fingerprint density at radius 3 is 3.05 bits per heavy atom. The molecule has 1 aromatic rings. The quantitative estimate of drug-likeness (QED) is 0.855. The number of aromatic carboxylic acids is 1. The maximum atomic E-state index is 11.4. The first-order valence-corrected chi connectivity index (χ1v) is 7.18. The fourth-order valence-electron chi connectivity index (χ4n) is 2.83. The zero-order valence-corrected chi connectivity index (χ0v) is 11.4. The highest BCUT2D eigenvalue weighted by Crippen LogP contribution is 2.19. The average Bonchev–Trinajstić information content (AvgIpc) is 2.47. The Kier molecular flexibility index (Phi) is 3.93. The summed E-state index contributed by atoms with van der Waals surface area (Å²) in [4.78, 5) is 20.2. The minimum atomic E-state index is -0.974. The number of rotatable bonds is 3. The van der Waals surface area contributed by atoms with E-state index in [2.05, 4.69) is 15.3 Å². The first-order valence-electron chi connectivity index (χ1n) is 7.18. The summed E-state index contributed by atoms with van der Waals surface area (Å²) in [7, 11) is 0. The molecule has 1 fully saturated rings. The van der Waals surface area contributed by atoms with E-state index in [9.17, 15) is 9.90 Å². The molecule has 6 heteroatoms. The van der Waals surface area contributed by atoms with E-state index in [1.54, 1.807) is 0 Å². The molecule has 1 saturated heterocycles. The molecule has 0 aromatic carbocycles. The summed E-state index contributed by atoms with van der Waals surface area (Å²) >= 11 is 0. The van der Waals surface area contributed by atoms with Crippen LogP contribution in [0.25, 0.3) is 0 Å². The zero-order valence-electron chi connectivity index (χ0n) is 11.4. The molecule has 0 saturated carbocycles. The molecule has 3 heterocycles. The molecular formula is C14H19N3O3. The van der Waals surface area contributed by atoms with Gasteiger partial charge in [-0.2, -0.15) is 0 Å². The topological polar surface area (TPSA) is 84.3 Å². The van der Waals surface area contributed by atoms with E-state index in [-0.39, 0.29) is 11.8 Å². The summed E-state index contributed by atoms with van der Waals surface area (Å²) in [6.45, 7) is 2.16. The Morgan fingerprint density at radius 2 is 2.30 bits per heavy atom. The second kappa shape index (κ2) is 5.85. The number of carbonyl (C=O) groups is 1. The molecule has 0 spiro atoms. The molecule has 20 heavy (non-hydrogen) atoms. The number of carboxylic acids is 1. The molecule has 0 amide bonds. The van der Waals surface area contributed by atoms with Gasteiger partial charge in [-0.15, -0.1) is 0 Å². The highest BCUT2D eigenvalue weighted by molar-refractivity contribution is 5.87. The maximum Gasteiger partial charge on any atom is 0.354 e. The van der Waals surface area contributed by atoms with Gasteiger partial charge in [0.1, 0.15) is 5.82 Å². The van der Waals surface area contributed by atoms with Crippen LogP contribution in [0.1, 0.15) is 46.8 Å². The van der Waals surface area contributed by atoms with Crippen LogP contribution >= 0.6 is 0 Å². The normalized spacial score (nSPS) is 22.3. The van der Waals surface area contributed by atoms with Crippen LogP contribution < -0.4 is 5.32 Å². The van der Waals surface area contributed by atoms with Gasteiger partial charge in [-0.1, -0.05) is 0 Å². The summed E-state index contributed by atoms with van der Waals surface area (Å²) < 4.78 is 5.69. The van der Waals surface area contributed by atoms with Crippen molar-refractivity contribution in [3.8, 4) is 0 Å². The summed E-state index contributed by atoms with van der Waals surface area (Å²) in [5.74, 6) is -0.367. The third-order valence-electron chi connectivity index (χ3n) is 3.87. The van der Waals surface area contributed by atoms with E-state index < -0.39 is 5.97 Å². The number of fused-ring (bicyclic) bond motifs is 1. The Labute approximate surface area is 117 Å². The zero-order chi connectivity index (χ0) is 13.9. The lowest BCUT2D eigenvalue weighted by Crippen LogP contribution is -2.29. The Balaban J connectivity index is 1.87. The highest BCUT2D eigenvalue weighted by Gasteiger charge is 2.23. The molecule has 2 N–H and O–H groups in total. The average molecular weight is 277 g/mol. The smallest absolute Gasteiger partial charge is 0.354 e. The van der Waals surface area contributed by atoms with Crippen molar-refractivity contribution in [1.82, 2.24) is 15.3 Å². The molecule has 1 aromatic heterocycles. The molecule has 2 aliphatic heterocycles. The van der Waals surface area contributed by atoms with Crippen molar-refractivity contribution in [1.29, 1.82) is 0 Å². The molecule has 6 nitrogen and oxygen atoms in total. The van der Waals surface area contributed by atoms with Crippen molar-refractivity contribution in [3.63, 3.8) is 0 Å². The van der Waals surface area contributed by atoms with Crippen molar-refractivity contribution in [3.05, 3.63) is 22.8 Å². The van der Waals surface area contributed by atoms with Crippen LogP contribution in [0.2, 0.25) is 0 Å². The van der Waals surface area contributed by atoms with Gasteiger partial charge in [-0.05, 0) is 19.3 Å². The SMILES string of the molecule is O=C(O)c1nc(CC2CCCCO2)nc2c1CNCC2. The first-order chi connectivity index (χ1) is 9.74. The summed E-state index contributed by atoms with van der Waals surface area (Å²) in [6, 6.07) is 0. The van der Waals surface area contributed by atoms with Crippen LogP contribution in [0.4, 0.5) is 0 Å². The molecule has 108 valence electrons. The predicted molar refractivity (Wildman–Crippen MR) is 71.7 cm³/mol. The Bertz CT molecular complexity index is 513. The van der Waals surface area contributed by atoms with Gasteiger partial charge >= 0.3 is 5.97 Å². The number of nitrogens with zero attached hydrogens (tertiary/aromatic N) is 2. The lowest BCUT2D eigenvalue weighted by molar-refractivity contribution is 0.0155. The van der Waals surface area contributed by atoms with E-state index in [4.69, 9.17) is 4.74 Å². The molecule has 1 unspecified atom stereocenters. The number of hydrogen-bond donors (Lipinski definition) is 2. The fraction of sp³-hybridized carbons (Fsp3) is 0.643. The first kappa shape index (κ1) is 13.5. The maximum absolute atomic E-state index is 11.4. The number of hydrogen-bond acceptors (Lipinski definition) is 5. The monoisotopic (exact) mass is 277 g/mol. The lowest BCUT2D eigenvalue weighted by Gasteiger charge is -2.23. The number of nitrogens with one attached hydrogen (secondary N) is 1. The predicted octanol–water partition coefficient (Wildman–Crippen LogP) is 0.932. The van der Waals surface area contributed by atoms with Gasteiger partial charge in [0.2, 0.25) is 0 Å². The minimum absolute atomic E-state index is 0.130.